The molecule has 1 aromatic heterocycles. The molecule has 1 N–H and O–H groups in total. The van der Waals surface area contributed by atoms with Gasteiger partial charge in [0.15, 0.2) is 0 Å². The number of aliphatic hydroxyl groups is 1. The Morgan fingerprint density at radius 1 is 1.12 bits per heavy atom. The third-order valence-electron chi connectivity index (χ3n) is 6.45. The molecule has 6 nitrogen and oxygen atoms in total. The van der Waals surface area contributed by atoms with Crippen molar-refractivity contribution in [2.45, 2.75) is 85.2 Å². The van der Waals surface area contributed by atoms with E-state index in [-0.39, 0.29) is 17.8 Å². The number of unbranched alkanes of at least 4 members (excludes halogenated alkanes) is 5. The number of ether oxygens (including phenoxy) is 1. The van der Waals surface area contributed by atoms with Crippen LogP contribution in [0.15, 0.2) is 42.0 Å². The fourth-order valence-corrected chi connectivity index (χ4v) is 4.09. The van der Waals surface area contributed by atoms with Gasteiger partial charge in [-0.3, -0.25) is 4.79 Å². The van der Waals surface area contributed by atoms with Crippen LogP contribution in [0.5, 0.6) is 0 Å². The Morgan fingerprint density at radius 2 is 1.73 bits per heavy atom. The van der Waals surface area contributed by atoms with Crippen LogP contribution in [-0.4, -0.2) is 38.3 Å². The van der Waals surface area contributed by atoms with E-state index in [0.717, 1.165) is 35.1 Å². The van der Waals surface area contributed by atoms with E-state index in [2.05, 4.69) is 37.9 Å². The van der Waals surface area contributed by atoms with E-state index in [1.54, 1.807) is 11.7 Å². The Balaban J connectivity index is 1.74. The molecule has 0 aliphatic heterocycles. The average molecular weight is 454 g/mol. The van der Waals surface area contributed by atoms with Gasteiger partial charge < -0.3 is 9.84 Å². The molecule has 2 atom stereocenters. The van der Waals surface area contributed by atoms with Crippen LogP contribution in [0, 0.1) is 11.3 Å². The first kappa shape index (κ1) is 25.2. The van der Waals surface area contributed by atoms with Crippen molar-refractivity contribution < 1.29 is 14.6 Å². The minimum absolute atomic E-state index is 0.214. The molecular formula is C27H39N3O3. The number of carbonyl (C=O) groups excluding carboxylic acids is 1. The Bertz CT molecular complexity index is 982. The third-order valence-corrected chi connectivity index (χ3v) is 6.45. The van der Waals surface area contributed by atoms with E-state index in [1.165, 1.54) is 25.7 Å². The Hall–Kier alpha value is -2.47. The average Bonchev–Trinajstić information content (AvgIpc) is 3.21. The van der Waals surface area contributed by atoms with E-state index in [4.69, 9.17) is 4.74 Å². The topological polar surface area (TPSA) is 77.2 Å². The quantitative estimate of drug-likeness (QED) is 0.357. The summed E-state index contributed by atoms with van der Waals surface area (Å²) >= 11 is 0. The van der Waals surface area contributed by atoms with Gasteiger partial charge in [-0.05, 0) is 48.6 Å². The number of esters is 1. The molecule has 0 radical (unpaired) electrons. The molecule has 2 unspecified atom stereocenters. The van der Waals surface area contributed by atoms with Crippen LogP contribution in [0.2, 0.25) is 0 Å². The molecule has 1 aliphatic rings. The van der Waals surface area contributed by atoms with Gasteiger partial charge in [-0.15, -0.1) is 10.2 Å². The van der Waals surface area contributed by atoms with Crippen molar-refractivity contribution in [1.82, 2.24) is 15.0 Å². The number of hydrogen-bond acceptors (Lipinski definition) is 5. The molecule has 2 aromatic rings. The summed E-state index contributed by atoms with van der Waals surface area (Å²) in [7, 11) is 0. The van der Waals surface area contributed by atoms with Gasteiger partial charge in [0, 0.05) is 6.42 Å². The monoisotopic (exact) mass is 453 g/mol. The zero-order valence-electron chi connectivity index (χ0n) is 20.8. The van der Waals surface area contributed by atoms with Crippen molar-refractivity contribution in [2.75, 3.05) is 6.61 Å². The summed E-state index contributed by atoms with van der Waals surface area (Å²) < 4.78 is 5.55. The summed E-state index contributed by atoms with van der Waals surface area (Å²) in [5.41, 5.74) is 1.71. The summed E-state index contributed by atoms with van der Waals surface area (Å²) in [6, 6.07) is 7.68. The standard InChI is InChI=1S/C27H39N3O3/c1-6-7-8-9-10-13-16-33-25(31)20(2)27(32)18-21(26(3,4)5)17-22(19-27)30-28-23-14-11-12-15-24(23)29-30/h11-12,14-15,17-18,20,32H,6-10,13,16,19H2,1-5H3. The lowest BCUT2D eigenvalue weighted by atomic mass is 9.74. The number of benzene rings is 1. The van der Waals surface area contributed by atoms with Crippen molar-refractivity contribution in [3.8, 4) is 0 Å². The number of nitrogens with zero attached hydrogens (tertiary/aromatic N) is 3. The van der Waals surface area contributed by atoms with E-state index >= 15 is 0 Å². The fourth-order valence-electron chi connectivity index (χ4n) is 4.09. The van der Waals surface area contributed by atoms with E-state index < -0.39 is 11.5 Å². The molecule has 0 bridgehead atoms. The Kier molecular flexibility index (Phi) is 8.11. The molecule has 1 aromatic carbocycles. The maximum Gasteiger partial charge on any atom is 0.311 e. The Morgan fingerprint density at radius 3 is 2.33 bits per heavy atom. The van der Waals surface area contributed by atoms with Crippen LogP contribution in [-0.2, 0) is 9.53 Å². The van der Waals surface area contributed by atoms with Crippen LogP contribution in [0.4, 0.5) is 0 Å². The summed E-state index contributed by atoms with van der Waals surface area (Å²) in [6.45, 7) is 10.6. The first-order valence-electron chi connectivity index (χ1n) is 12.3. The summed E-state index contributed by atoms with van der Waals surface area (Å²) in [5, 5.41) is 20.9. The molecule has 0 saturated carbocycles. The molecule has 0 spiro atoms. The van der Waals surface area contributed by atoms with Crippen LogP contribution in [0.3, 0.4) is 0 Å². The Labute approximate surface area is 197 Å². The SMILES string of the molecule is CCCCCCCCOC(=O)C(C)C1(O)C=C(C(C)(C)C)C=C(n2nc3ccccc3n2)C1. The third kappa shape index (κ3) is 6.32. The van der Waals surface area contributed by atoms with Gasteiger partial charge in [0.1, 0.15) is 16.6 Å². The predicted octanol–water partition coefficient (Wildman–Crippen LogP) is 5.92. The van der Waals surface area contributed by atoms with Crippen molar-refractivity contribution in [3.63, 3.8) is 0 Å². The molecule has 33 heavy (non-hydrogen) atoms. The van der Waals surface area contributed by atoms with Gasteiger partial charge in [0.2, 0.25) is 0 Å². The minimum atomic E-state index is -1.37. The van der Waals surface area contributed by atoms with E-state index in [1.807, 2.05) is 36.4 Å². The summed E-state index contributed by atoms with van der Waals surface area (Å²) in [6.07, 6.45) is 10.9. The molecular weight excluding hydrogens is 414 g/mol. The van der Waals surface area contributed by atoms with Crippen molar-refractivity contribution in [1.29, 1.82) is 0 Å². The lowest BCUT2D eigenvalue weighted by Crippen LogP contribution is -2.43. The maximum atomic E-state index is 12.9. The molecule has 1 heterocycles. The second-order valence-corrected chi connectivity index (χ2v) is 10.3. The van der Waals surface area contributed by atoms with Crippen molar-refractivity contribution in [3.05, 3.63) is 42.0 Å². The van der Waals surface area contributed by atoms with E-state index in [9.17, 15) is 9.90 Å². The fraction of sp³-hybridized carbons (Fsp3) is 0.593. The number of carbonyl (C=O) groups is 1. The van der Waals surface area contributed by atoms with Gasteiger partial charge in [-0.25, -0.2) is 0 Å². The molecule has 0 saturated heterocycles. The number of hydrogen-bond donors (Lipinski definition) is 1. The van der Waals surface area contributed by atoms with Crippen LogP contribution in [0.25, 0.3) is 16.7 Å². The second kappa shape index (κ2) is 10.6. The highest BCUT2D eigenvalue weighted by Crippen LogP contribution is 2.40. The lowest BCUT2D eigenvalue weighted by Gasteiger charge is -2.36. The molecule has 0 amide bonds. The highest BCUT2D eigenvalue weighted by molar-refractivity contribution is 5.76. The zero-order valence-corrected chi connectivity index (χ0v) is 20.8. The maximum absolute atomic E-state index is 12.9. The van der Waals surface area contributed by atoms with Crippen molar-refractivity contribution in [2.24, 2.45) is 11.3 Å². The molecule has 180 valence electrons. The molecule has 0 fully saturated rings. The van der Waals surface area contributed by atoms with Gasteiger partial charge >= 0.3 is 5.97 Å². The second-order valence-electron chi connectivity index (χ2n) is 10.3. The minimum Gasteiger partial charge on any atom is -0.465 e. The zero-order chi connectivity index (χ0) is 24.1. The van der Waals surface area contributed by atoms with Gasteiger partial charge in [0.05, 0.1) is 18.2 Å². The molecule has 6 heteroatoms. The van der Waals surface area contributed by atoms with Crippen LogP contribution >= 0.6 is 0 Å². The van der Waals surface area contributed by atoms with E-state index in [0.29, 0.717) is 6.61 Å². The lowest BCUT2D eigenvalue weighted by molar-refractivity contribution is -0.155. The number of rotatable bonds is 10. The molecule has 3 rings (SSSR count). The summed E-state index contributed by atoms with van der Waals surface area (Å²) in [5.74, 6) is -1.07. The summed E-state index contributed by atoms with van der Waals surface area (Å²) in [4.78, 5) is 14.4. The first-order valence-corrected chi connectivity index (χ1v) is 12.3. The van der Waals surface area contributed by atoms with Gasteiger partial charge in [-0.2, -0.15) is 4.80 Å². The van der Waals surface area contributed by atoms with Crippen LogP contribution in [0.1, 0.15) is 79.6 Å². The van der Waals surface area contributed by atoms with Crippen molar-refractivity contribution >= 4 is 22.7 Å². The van der Waals surface area contributed by atoms with Gasteiger partial charge in [-0.1, -0.05) is 71.9 Å². The predicted molar refractivity (Wildman–Crippen MR) is 132 cm³/mol. The number of aromatic nitrogens is 3. The smallest absolute Gasteiger partial charge is 0.311 e. The van der Waals surface area contributed by atoms with Gasteiger partial charge in [0.25, 0.3) is 0 Å². The largest absolute Gasteiger partial charge is 0.465 e. The van der Waals surface area contributed by atoms with Crippen LogP contribution < -0.4 is 0 Å². The number of allylic oxidation sites excluding steroid dienone is 2. The number of fused-ring (bicyclic) bond motifs is 1. The first-order chi connectivity index (χ1) is 15.6. The normalized spacial score (nSPS) is 19.8. The highest BCUT2D eigenvalue weighted by Gasteiger charge is 2.42. The highest BCUT2D eigenvalue weighted by atomic mass is 16.5. The molecule has 1 aliphatic carbocycles.